The van der Waals surface area contributed by atoms with E-state index in [2.05, 4.69) is 39.6 Å². The number of carbonyl (C=O) groups is 1. The van der Waals surface area contributed by atoms with Gasteiger partial charge in [-0.2, -0.15) is 0 Å². The zero-order valence-corrected chi connectivity index (χ0v) is 23.7. The van der Waals surface area contributed by atoms with Crippen molar-refractivity contribution in [2.75, 3.05) is 61.3 Å². The van der Waals surface area contributed by atoms with Crippen LogP contribution in [0.5, 0.6) is 5.75 Å². The van der Waals surface area contributed by atoms with Crippen LogP contribution in [0.4, 0.5) is 27.8 Å². The standard InChI is InChI=1S/C30H39N7O3/c1-20(2)31-27-17-28(37-24-11-12-25(37)19-39-18-24)35-29(34-27)21-5-7-22(8-6-21)32-30(38)33-23-9-13-26(14-10-23)40-16-15-36(3)4/h5-10,13-14,17,20,24-25H,11-12,15-16,18-19H2,1-4H3,(H,31,34,35)(H2,32,33,38). The fraction of sp³-hybridized carbons (Fsp3) is 0.433. The number of rotatable bonds is 10. The molecule has 2 fully saturated rings. The predicted molar refractivity (Wildman–Crippen MR) is 159 cm³/mol. The number of carbonyl (C=O) groups excluding carboxylic acids is 1. The van der Waals surface area contributed by atoms with Gasteiger partial charge in [-0.15, -0.1) is 0 Å². The topological polar surface area (TPSA) is 104 Å². The molecular weight excluding hydrogens is 506 g/mol. The summed E-state index contributed by atoms with van der Waals surface area (Å²) < 4.78 is 11.5. The molecule has 0 radical (unpaired) electrons. The largest absolute Gasteiger partial charge is 0.492 e. The van der Waals surface area contributed by atoms with Gasteiger partial charge in [0.1, 0.15) is 24.0 Å². The second-order valence-corrected chi connectivity index (χ2v) is 10.9. The molecule has 3 heterocycles. The van der Waals surface area contributed by atoms with Crippen LogP contribution >= 0.6 is 0 Å². The molecule has 2 atom stereocenters. The summed E-state index contributed by atoms with van der Waals surface area (Å²) >= 11 is 0. The van der Waals surface area contributed by atoms with E-state index in [1.54, 1.807) is 0 Å². The van der Waals surface area contributed by atoms with E-state index in [9.17, 15) is 4.79 Å². The van der Waals surface area contributed by atoms with Gasteiger partial charge in [0.25, 0.3) is 0 Å². The van der Waals surface area contributed by atoms with Crippen LogP contribution < -0.4 is 25.6 Å². The molecule has 3 aromatic rings. The third kappa shape index (κ3) is 7.00. The highest BCUT2D eigenvalue weighted by molar-refractivity contribution is 5.99. The van der Waals surface area contributed by atoms with Gasteiger partial charge in [0.15, 0.2) is 5.82 Å². The molecule has 2 bridgehead atoms. The average Bonchev–Trinajstić information content (AvgIpc) is 3.17. The summed E-state index contributed by atoms with van der Waals surface area (Å²) in [5.74, 6) is 3.15. The molecule has 2 amide bonds. The number of ether oxygens (including phenoxy) is 2. The molecule has 0 spiro atoms. The molecule has 5 rings (SSSR count). The molecule has 212 valence electrons. The Labute approximate surface area is 236 Å². The predicted octanol–water partition coefficient (Wildman–Crippen LogP) is 4.92. The van der Waals surface area contributed by atoms with E-state index in [0.717, 1.165) is 55.5 Å². The monoisotopic (exact) mass is 545 g/mol. The van der Waals surface area contributed by atoms with Gasteiger partial charge in [0, 0.05) is 35.6 Å². The number of nitrogens with zero attached hydrogens (tertiary/aromatic N) is 4. The second-order valence-electron chi connectivity index (χ2n) is 10.9. The minimum absolute atomic E-state index is 0.244. The summed E-state index contributed by atoms with van der Waals surface area (Å²) in [6.45, 7) is 7.11. The van der Waals surface area contributed by atoms with E-state index >= 15 is 0 Å². The number of nitrogens with one attached hydrogen (secondary N) is 3. The number of fused-ring (bicyclic) bond motifs is 2. The van der Waals surface area contributed by atoms with E-state index in [4.69, 9.17) is 19.4 Å². The van der Waals surface area contributed by atoms with Gasteiger partial charge in [-0.3, -0.25) is 0 Å². The van der Waals surface area contributed by atoms with E-state index in [1.807, 2.05) is 68.7 Å². The van der Waals surface area contributed by atoms with E-state index in [-0.39, 0.29) is 12.1 Å². The van der Waals surface area contributed by atoms with Crippen molar-refractivity contribution in [1.29, 1.82) is 0 Å². The van der Waals surface area contributed by atoms with E-state index < -0.39 is 0 Å². The number of hydrogen-bond acceptors (Lipinski definition) is 8. The number of aromatic nitrogens is 2. The molecule has 10 nitrogen and oxygen atoms in total. The van der Waals surface area contributed by atoms with Crippen molar-refractivity contribution in [2.24, 2.45) is 0 Å². The zero-order valence-electron chi connectivity index (χ0n) is 23.7. The first-order valence-corrected chi connectivity index (χ1v) is 13.9. The van der Waals surface area contributed by atoms with Gasteiger partial charge in [-0.05, 0) is 89.3 Å². The Morgan fingerprint density at radius 1 is 1.00 bits per heavy atom. The van der Waals surface area contributed by atoms with Crippen molar-refractivity contribution in [3.05, 3.63) is 54.6 Å². The van der Waals surface area contributed by atoms with Gasteiger partial charge in [0.05, 0.1) is 25.3 Å². The number of anilines is 4. The Balaban J connectivity index is 1.24. The fourth-order valence-electron chi connectivity index (χ4n) is 5.04. The molecular formula is C30H39N7O3. The summed E-state index contributed by atoms with van der Waals surface area (Å²) in [5.41, 5.74) is 2.24. The maximum absolute atomic E-state index is 12.6. The Hall–Kier alpha value is -3.89. The SMILES string of the molecule is CC(C)Nc1cc(N2C3CCC2COC3)nc(-c2ccc(NC(=O)Nc3ccc(OCCN(C)C)cc3)cc2)n1. The number of urea groups is 1. The van der Waals surface area contributed by atoms with E-state index in [0.29, 0.717) is 35.9 Å². The van der Waals surface area contributed by atoms with Crippen LogP contribution in [0, 0.1) is 0 Å². The van der Waals surface area contributed by atoms with Crippen LogP contribution in [-0.2, 0) is 4.74 Å². The minimum atomic E-state index is -0.321. The third-order valence-corrected chi connectivity index (χ3v) is 6.97. The van der Waals surface area contributed by atoms with Crippen LogP contribution in [0.1, 0.15) is 26.7 Å². The molecule has 2 unspecified atom stereocenters. The average molecular weight is 546 g/mol. The number of likely N-dealkylation sites (N-methyl/N-ethyl adjacent to an activating group) is 1. The first kappa shape index (κ1) is 27.7. The Morgan fingerprint density at radius 2 is 1.62 bits per heavy atom. The molecule has 2 aliphatic rings. The van der Waals surface area contributed by atoms with Gasteiger partial charge in [0.2, 0.25) is 0 Å². The Kier molecular flexibility index (Phi) is 8.66. The molecule has 1 aromatic heterocycles. The van der Waals surface area contributed by atoms with Gasteiger partial charge < -0.3 is 35.2 Å². The molecule has 40 heavy (non-hydrogen) atoms. The van der Waals surface area contributed by atoms with Crippen molar-refractivity contribution in [1.82, 2.24) is 14.9 Å². The maximum Gasteiger partial charge on any atom is 0.323 e. The van der Waals surface area contributed by atoms with Gasteiger partial charge in [-0.25, -0.2) is 14.8 Å². The Bertz CT molecular complexity index is 1270. The maximum atomic E-state index is 12.6. The van der Waals surface area contributed by atoms with Gasteiger partial charge in [-0.1, -0.05) is 0 Å². The molecule has 2 aliphatic heterocycles. The van der Waals surface area contributed by atoms with Crippen LogP contribution in [-0.4, -0.2) is 79.5 Å². The van der Waals surface area contributed by atoms with Crippen molar-refractivity contribution < 1.29 is 14.3 Å². The van der Waals surface area contributed by atoms with Crippen molar-refractivity contribution in [3.63, 3.8) is 0 Å². The smallest absolute Gasteiger partial charge is 0.323 e. The lowest BCUT2D eigenvalue weighted by molar-refractivity contribution is 0.0902. The number of morpholine rings is 1. The molecule has 10 heteroatoms. The minimum Gasteiger partial charge on any atom is -0.492 e. The van der Waals surface area contributed by atoms with Crippen molar-refractivity contribution in [3.8, 4) is 17.1 Å². The van der Waals surface area contributed by atoms with Gasteiger partial charge >= 0.3 is 6.03 Å². The quantitative estimate of drug-likeness (QED) is 0.330. The van der Waals surface area contributed by atoms with E-state index in [1.165, 1.54) is 0 Å². The lowest BCUT2D eigenvalue weighted by atomic mass is 10.2. The molecule has 0 aliphatic carbocycles. The number of benzene rings is 2. The number of amides is 2. The van der Waals surface area contributed by atoms with Crippen molar-refractivity contribution in [2.45, 2.75) is 44.8 Å². The first-order chi connectivity index (χ1) is 19.3. The highest BCUT2D eigenvalue weighted by Crippen LogP contribution is 2.35. The summed E-state index contributed by atoms with van der Waals surface area (Å²) in [6, 6.07) is 17.6. The second kappa shape index (κ2) is 12.5. The lowest BCUT2D eigenvalue weighted by Gasteiger charge is -2.36. The molecule has 0 saturated carbocycles. The Morgan fingerprint density at radius 3 is 2.23 bits per heavy atom. The zero-order chi connectivity index (χ0) is 28.1. The normalized spacial score (nSPS) is 18.2. The fourth-order valence-corrected chi connectivity index (χ4v) is 5.04. The molecule has 3 N–H and O–H groups in total. The third-order valence-electron chi connectivity index (χ3n) is 6.97. The summed E-state index contributed by atoms with van der Waals surface area (Å²) in [6.07, 6.45) is 2.24. The van der Waals surface area contributed by atoms with Crippen LogP contribution in [0.3, 0.4) is 0 Å². The summed E-state index contributed by atoms with van der Waals surface area (Å²) in [4.78, 5) is 26.8. The van der Waals surface area contributed by atoms with Crippen molar-refractivity contribution >= 4 is 29.0 Å². The highest BCUT2D eigenvalue weighted by Gasteiger charge is 2.38. The number of hydrogen-bond donors (Lipinski definition) is 3. The highest BCUT2D eigenvalue weighted by atomic mass is 16.5. The van der Waals surface area contributed by atoms with Crippen LogP contribution in [0.2, 0.25) is 0 Å². The summed E-state index contributed by atoms with van der Waals surface area (Å²) in [7, 11) is 4.01. The van der Waals surface area contributed by atoms with Crippen LogP contribution in [0.15, 0.2) is 54.6 Å². The first-order valence-electron chi connectivity index (χ1n) is 13.9. The molecule has 2 saturated heterocycles. The molecule has 2 aromatic carbocycles. The lowest BCUT2D eigenvalue weighted by Crippen LogP contribution is -2.46. The summed E-state index contributed by atoms with van der Waals surface area (Å²) in [5, 5.41) is 9.19. The van der Waals surface area contributed by atoms with Crippen LogP contribution in [0.25, 0.3) is 11.4 Å².